The van der Waals surface area contributed by atoms with Gasteiger partial charge in [0.05, 0.1) is 5.92 Å². The number of carboxylic acid groups (broad SMARTS) is 1. The molecule has 1 heterocycles. The van der Waals surface area contributed by atoms with E-state index in [9.17, 15) is 23.1 Å². The molecule has 0 radical (unpaired) electrons. The summed E-state index contributed by atoms with van der Waals surface area (Å²) in [4.78, 5) is 13.5. The summed E-state index contributed by atoms with van der Waals surface area (Å²) in [6.07, 6.45) is -3.98. The van der Waals surface area contributed by atoms with E-state index in [0.29, 0.717) is 19.6 Å². The molecule has 0 saturated carbocycles. The molecule has 0 amide bonds. The van der Waals surface area contributed by atoms with Crippen LogP contribution in [-0.4, -0.2) is 35.2 Å². The molecule has 1 fully saturated rings. The zero-order chi connectivity index (χ0) is 20.1. The highest BCUT2D eigenvalue weighted by Gasteiger charge is 2.40. The molecule has 2 aromatic carbocycles. The quantitative estimate of drug-likeness (QED) is 0.770. The summed E-state index contributed by atoms with van der Waals surface area (Å²) in [5.74, 6) is -2.07. The molecule has 28 heavy (non-hydrogen) atoms. The van der Waals surface area contributed by atoms with E-state index in [1.807, 2.05) is 35.2 Å². The van der Waals surface area contributed by atoms with Crippen LogP contribution in [0.5, 0.6) is 5.75 Å². The SMILES string of the molecule is O=C(O)c1cc(CN2CCC(C(F)(F)F)CC2)ccc1OCc1ccccc1. The minimum absolute atomic E-state index is 0.0543. The molecule has 0 bridgehead atoms. The van der Waals surface area contributed by atoms with E-state index >= 15 is 0 Å². The highest BCUT2D eigenvalue weighted by molar-refractivity contribution is 5.91. The number of rotatable bonds is 6. The van der Waals surface area contributed by atoms with E-state index in [4.69, 9.17) is 4.74 Å². The van der Waals surface area contributed by atoms with Gasteiger partial charge in [-0.15, -0.1) is 0 Å². The molecule has 0 aliphatic carbocycles. The van der Waals surface area contributed by atoms with E-state index in [1.165, 1.54) is 0 Å². The van der Waals surface area contributed by atoms with Crippen molar-refractivity contribution in [2.24, 2.45) is 5.92 Å². The average molecular weight is 393 g/mol. The van der Waals surface area contributed by atoms with Crippen LogP contribution in [0.15, 0.2) is 48.5 Å². The maximum Gasteiger partial charge on any atom is 0.391 e. The molecule has 1 aliphatic heterocycles. The van der Waals surface area contributed by atoms with Gasteiger partial charge in [-0.25, -0.2) is 4.79 Å². The van der Waals surface area contributed by atoms with Crippen LogP contribution in [0.2, 0.25) is 0 Å². The van der Waals surface area contributed by atoms with Crippen molar-refractivity contribution in [2.45, 2.75) is 32.2 Å². The Hall–Kier alpha value is -2.54. The molecule has 0 aromatic heterocycles. The van der Waals surface area contributed by atoms with Crippen molar-refractivity contribution in [3.05, 3.63) is 65.2 Å². The second kappa shape index (κ2) is 8.65. The number of alkyl halides is 3. The molecule has 150 valence electrons. The van der Waals surface area contributed by atoms with Crippen molar-refractivity contribution in [3.8, 4) is 5.75 Å². The maximum absolute atomic E-state index is 12.8. The molecule has 0 atom stereocenters. The number of piperidine rings is 1. The first kappa shape index (κ1) is 20.2. The summed E-state index contributed by atoms with van der Waals surface area (Å²) < 4.78 is 44.0. The van der Waals surface area contributed by atoms with Crippen molar-refractivity contribution < 1.29 is 27.8 Å². The first-order valence-corrected chi connectivity index (χ1v) is 9.15. The summed E-state index contributed by atoms with van der Waals surface area (Å²) in [6, 6.07) is 14.3. The fourth-order valence-electron chi connectivity index (χ4n) is 3.38. The third-order valence-corrected chi connectivity index (χ3v) is 4.97. The number of likely N-dealkylation sites (tertiary alicyclic amines) is 1. The van der Waals surface area contributed by atoms with E-state index in [0.717, 1.165) is 11.1 Å². The lowest BCUT2D eigenvalue weighted by Crippen LogP contribution is -2.38. The highest BCUT2D eigenvalue weighted by atomic mass is 19.4. The minimum Gasteiger partial charge on any atom is -0.488 e. The number of halogens is 3. The number of hydrogen-bond acceptors (Lipinski definition) is 3. The van der Waals surface area contributed by atoms with E-state index in [1.54, 1.807) is 18.2 Å². The molecule has 7 heteroatoms. The summed E-state index contributed by atoms with van der Waals surface area (Å²) in [5, 5.41) is 9.50. The summed E-state index contributed by atoms with van der Waals surface area (Å²) in [7, 11) is 0. The van der Waals surface area contributed by atoms with Crippen LogP contribution in [0.4, 0.5) is 13.2 Å². The number of ether oxygens (including phenoxy) is 1. The van der Waals surface area contributed by atoms with Gasteiger partial charge in [0, 0.05) is 6.54 Å². The predicted molar refractivity (Wildman–Crippen MR) is 98.2 cm³/mol. The van der Waals surface area contributed by atoms with Gasteiger partial charge < -0.3 is 9.84 Å². The number of carbonyl (C=O) groups is 1. The van der Waals surface area contributed by atoms with Gasteiger partial charge in [0.15, 0.2) is 0 Å². The van der Waals surface area contributed by atoms with E-state index in [2.05, 4.69) is 0 Å². The Bertz CT molecular complexity index is 800. The molecule has 1 saturated heterocycles. The topological polar surface area (TPSA) is 49.8 Å². The largest absolute Gasteiger partial charge is 0.488 e. The molecular formula is C21H22F3NO3. The van der Waals surface area contributed by atoms with Crippen LogP contribution < -0.4 is 4.74 Å². The summed E-state index contributed by atoms with van der Waals surface area (Å²) in [5.41, 5.74) is 1.73. The van der Waals surface area contributed by atoms with Gasteiger partial charge in [-0.2, -0.15) is 13.2 Å². The second-order valence-electron chi connectivity index (χ2n) is 7.00. The van der Waals surface area contributed by atoms with Gasteiger partial charge in [-0.05, 0) is 49.2 Å². The van der Waals surface area contributed by atoms with Gasteiger partial charge in [-0.3, -0.25) is 4.90 Å². The smallest absolute Gasteiger partial charge is 0.391 e. The Morgan fingerprint density at radius 3 is 2.36 bits per heavy atom. The molecule has 3 rings (SSSR count). The van der Waals surface area contributed by atoms with Gasteiger partial charge >= 0.3 is 12.1 Å². The van der Waals surface area contributed by atoms with Gasteiger partial charge in [-0.1, -0.05) is 36.4 Å². The van der Waals surface area contributed by atoms with Gasteiger partial charge in [0.2, 0.25) is 0 Å². The van der Waals surface area contributed by atoms with Gasteiger partial charge in [0.1, 0.15) is 17.9 Å². The molecule has 1 N–H and O–H groups in total. The third-order valence-electron chi connectivity index (χ3n) is 4.97. The molecule has 1 aliphatic rings. The Morgan fingerprint density at radius 2 is 1.75 bits per heavy atom. The van der Waals surface area contributed by atoms with Crippen LogP contribution in [0, 0.1) is 5.92 Å². The molecule has 2 aromatic rings. The van der Waals surface area contributed by atoms with Gasteiger partial charge in [0.25, 0.3) is 0 Å². The molecule has 0 spiro atoms. The molecule has 4 nitrogen and oxygen atoms in total. The lowest BCUT2D eigenvalue weighted by atomic mass is 9.96. The first-order chi connectivity index (χ1) is 13.3. The Kier molecular flexibility index (Phi) is 6.24. The minimum atomic E-state index is -4.14. The zero-order valence-electron chi connectivity index (χ0n) is 15.3. The predicted octanol–water partition coefficient (Wildman–Crippen LogP) is 4.74. The lowest BCUT2D eigenvalue weighted by molar-refractivity contribution is -0.185. The number of hydrogen-bond donors (Lipinski definition) is 1. The van der Waals surface area contributed by atoms with Crippen molar-refractivity contribution in [3.63, 3.8) is 0 Å². The standard InChI is InChI=1S/C21H22F3NO3/c22-21(23,24)17-8-10-25(11-9-17)13-16-6-7-19(18(12-16)20(26)27)28-14-15-4-2-1-3-5-15/h1-7,12,17H,8-11,13-14H2,(H,26,27). The van der Waals surface area contributed by atoms with Crippen molar-refractivity contribution in [1.29, 1.82) is 0 Å². The molecule has 0 unspecified atom stereocenters. The Morgan fingerprint density at radius 1 is 1.07 bits per heavy atom. The van der Waals surface area contributed by atoms with Crippen LogP contribution >= 0.6 is 0 Å². The van der Waals surface area contributed by atoms with E-state index in [-0.39, 0.29) is 30.8 Å². The van der Waals surface area contributed by atoms with Crippen LogP contribution in [0.1, 0.15) is 34.3 Å². The monoisotopic (exact) mass is 393 g/mol. The second-order valence-corrected chi connectivity index (χ2v) is 7.00. The van der Waals surface area contributed by atoms with E-state index < -0.39 is 18.1 Å². The fourth-order valence-corrected chi connectivity index (χ4v) is 3.38. The average Bonchev–Trinajstić information content (AvgIpc) is 2.67. The van der Waals surface area contributed by atoms with Crippen molar-refractivity contribution >= 4 is 5.97 Å². The number of carboxylic acids is 1. The first-order valence-electron chi connectivity index (χ1n) is 9.15. The number of nitrogens with zero attached hydrogens (tertiary/aromatic N) is 1. The summed E-state index contributed by atoms with van der Waals surface area (Å²) >= 11 is 0. The van der Waals surface area contributed by atoms with Crippen LogP contribution in [0.25, 0.3) is 0 Å². The lowest BCUT2D eigenvalue weighted by Gasteiger charge is -2.32. The normalized spacial score (nSPS) is 16.1. The Balaban J connectivity index is 1.63. The van der Waals surface area contributed by atoms with Crippen molar-refractivity contribution in [1.82, 2.24) is 4.90 Å². The number of benzene rings is 2. The maximum atomic E-state index is 12.8. The third kappa shape index (κ3) is 5.25. The van der Waals surface area contributed by atoms with Crippen molar-refractivity contribution in [2.75, 3.05) is 13.1 Å². The number of aromatic carboxylic acids is 1. The molecular weight excluding hydrogens is 371 g/mol. The van der Waals surface area contributed by atoms with Crippen LogP contribution in [0.3, 0.4) is 0 Å². The fraction of sp³-hybridized carbons (Fsp3) is 0.381. The Labute approximate surface area is 161 Å². The zero-order valence-corrected chi connectivity index (χ0v) is 15.3. The highest BCUT2D eigenvalue weighted by Crippen LogP contribution is 2.34. The summed E-state index contributed by atoms with van der Waals surface area (Å²) in [6.45, 7) is 1.37. The van der Waals surface area contributed by atoms with Crippen LogP contribution in [-0.2, 0) is 13.2 Å².